The Kier molecular flexibility index (Phi) is 4.62. The molecule has 7 nitrogen and oxygen atoms in total. The van der Waals surface area contributed by atoms with Gasteiger partial charge in [-0.3, -0.25) is 9.59 Å². The number of benzene rings is 1. The molecule has 1 aromatic carbocycles. The molecule has 8 heteroatoms. The number of carbonyl (C=O) groups is 2. The standard InChI is InChI=1S/C17H15N3O4S/c1-3-20-16(22)11-7-5-4-6-10(11)14(19-20)15(21)18-13-9-8-12(25-13)17(23)24-2/h4-9H,3H2,1-2H3,(H,18,21). The van der Waals surface area contributed by atoms with Gasteiger partial charge in [-0.05, 0) is 25.1 Å². The van der Waals surface area contributed by atoms with Crippen LogP contribution in [0, 0.1) is 0 Å². The third-order valence-corrected chi connectivity index (χ3v) is 4.59. The molecule has 0 radical (unpaired) electrons. The highest BCUT2D eigenvalue weighted by molar-refractivity contribution is 7.18. The average molecular weight is 357 g/mol. The van der Waals surface area contributed by atoms with Crippen LogP contribution < -0.4 is 10.9 Å². The van der Waals surface area contributed by atoms with Crippen LogP contribution in [-0.4, -0.2) is 28.8 Å². The molecule has 0 saturated heterocycles. The number of ether oxygens (including phenoxy) is 1. The second-order valence-corrected chi connectivity index (χ2v) is 6.21. The van der Waals surface area contributed by atoms with E-state index in [4.69, 9.17) is 0 Å². The van der Waals surface area contributed by atoms with E-state index in [9.17, 15) is 14.4 Å². The molecule has 0 atom stereocenters. The highest BCUT2D eigenvalue weighted by Crippen LogP contribution is 2.23. The van der Waals surface area contributed by atoms with Crippen LogP contribution in [0.4, 0.5) is 5.00 Å². The molecule has 1 N–H and O–H groups in total. The van der Waals surface area contributed by atoms with E-state index in [2.05, 4.69) is 15.2 Å². The third-order valence-electron chi connectivity index (χ3n) is 3.61. The number of nitrogens with zero attached hydrogens (tertiary/aromatic N) is 2. The van der Waals surface area contributed by atoms with Gasteiger partial charge in [-0.15, -0.1) is 11.3 Å². The molecule has 0 aliphatic heterocycles. The zero-order valence-corrected chi connectivity index (χ0v) is 14.4. The molecule has 0 fully saturated rings. The number of methoxy groups -OCH3 is 1. The summed E-state index contributed by atoms with van der Waals surface area (Å²) in [6.45, 7) is 2.14. The number of amides is 1. The Morgan fingerprint density at radius 3 is 2.60 bits per heavy atom. The lowest BCUT2D eigenvalue weighted by atomic mass is 10.1. The number of anilines is 1. The minimum atomic E-state index is -0.464. The predicted octanol–water partition coefficient (Wildman–Crippen LogP) is 2.52. The lowest BCUT2D eigenvalue weighted by Crippen LogP contribution is -2.26. The van der Waals surface area contributed by atoms with Gasteiger partial charge in [-0.1, -0.05) is 18.2 Å². The first kappa shape index (κ1) is 16.8. The maximum absolute atomic E-state index is 12.7. The Morgan fingerprint density at radius 1 is 1.20 bits per heavy atom. The predicted molar refractivity (Wildman–Crippen MR) is 95.3 cm³/mol. The van der Waals surface area contributed by atoms with Gasteiger partial charge in [0, 0.05) is 11.9 Å². The maximum Gasteiger partial charge on any atom is 0.348 e. The Morgan fingerprint density at radius 2 is 1.92 bits per heavy atom. The number of carbonyl (C=O) groups excluding carboxylic acids is 2. The van der Waals surface area contributed by atoms with E-state index in [-0.39, 0.29) is 11.3 Å². The van der Waals surface area contributed by atoms with Crippen LogP contribution in [0.3, 0.4) is 0 Å². The van der Waals surface area contributed by atoms with Gasteiger partial charge in [-0.2, -0.15) is 5.10 Å². The van der Waals surface area contributed by atoms with Crippen LogP contribution in [0.1, 0.15) is 27.1 Å². The van der Waals surface area contributed by atoms with E-state index in [1.807, 2.05) is 0 Å². The van der Waals surface area contributed by atoms with Crippen molar-refractivity contribution in [3.63, 3.8) is 0 Å². The molecule has 128 valence electrons. The molecule has 2 heterocycles. The van der Waals surface area contributed by atoms with Crippen molar-refractivity contribution < 1.29 is 14.3 Å². The second-order valence-electron chi connectivity index (χ2n) is 5.12. The molecule has 0 aliphatic rings. The number of rotatable bonds is 4. The Hall–Kier alpha value is -3.00. The van der Waals surface area contributed by atoms with E-state index in [0.717, 1.165) is 11.3 Å². The molecule has 0 bridgehead atoms. The first-order valence-corrected chi connectivity index (χ1v) is 8.36. The van der Waals surface area contributed by atoms with Gasteiger partial charge in [0.05, 0.1) is 17.5 Å². The number of hydrogen-bond acceptors (Lipinski definition) is 6. The molecule has 25 heavy (non-hydrogen) atoms. The topological polar surface area (TPSA) is 90.3 Å². The maximum atomic E-state index is 12.7. The van der Waals surface area contributed by atoms with Gasteiger partial charge in [0.1, 0.15) is 4.88 Å². The van der Waals surface area contributed by atoms with Gasteiger partial charge in [0.2, 0.25) is 0 Å². The highest BCUT2D eigenvalue weighted by Gasteiger charge is 2.18. The van der Waals surface area contributed by atoms with Crippen molar-refractivity contribution >= 4 is 39.0 Å². The molecule has 3 rings (SSSR count). The van der Waals surface area contributed by atoms with Crippen molar-refractivity contribution in [1.82, 2.24) is 9.78 Å². The zero-order chi connectivity index (χ0) is 18.0. The number of fused-ring (bicyclic) bond motifs is 1. The van der Waals surface area contributed by atoms with Gasteiger partial charge in [-0.25, -0.2) is 9.48 Å². The smallest absolute Gasteiger partial charge is 0.348 e. The summed E-state index contributed by atoms with van der Waals surface area (Å²) in [5.41, 5.74) is -0.0798. The molecule has 2 aromatic heterocycles. The molecule has 0 aliphatic carbocycles. The van der Waals surface area contributed by atoms with Gasteiger partial charge >= 0.3 is 5.97 Å². The van der Waals surface area contributed by atoms with E-state index >= 15 is 0 Å². The fraction of sp³-hybridized carbons (Fsp3) is 0.176. The van der Waals surface area contributed by atoms with Crippen LogP contribution in [0.15, 0.2) is 41.2 Å². The van der Waals surface area contributed by atoms with Crippen molar-refractivity contribution in [1.29, 1.82) is 0 Å². The lowest BCUT2D eigenvalue weighted by Gasteiger charge is -2.09. The summed E-state index contributed by atoms with van der Waals surface area (Å²) >= 11 is 1.10. The summed E-state index contributed by atoms with van der Waals surface area (Å²) in [7, 11) is 1.30. The molecular formula is C17H15N3O4S. The minimum absolute atomic E-state index is 0.157. The number of esters is 1. The molecule has 3 aromatic rings. The quantitative estimate of drug-likeness (QED) is 0.725. The summed E-state index contributed by atoms with van der Waals surface area (Å²) in [5, 5.41) is 8.31. The van der Waals surface area contributed by atoms with Crippen molar-refractivity contribution in [2.45, 2.75) is 13.5 Å². The third kappa shape index (κ3) is 3.16. The highest BCUT2D eigenvalue weighted by atomic mass is 32.1. The van der Waals surface area contributed by atoms with Crippen LogP contribution in [0.2, 0.25) is 0 Å². The van der Waals surface area contributed by atoms with Crippen molar-refractivity contribution in [3.05, 3.63) is 57.3 Å². The molecule has 0 saturated carbocycles. The van der Waals surface area contributed by atoms with Crippen LogP contribution in [-0.2, 0) is 11.3 Å². The first-order chi connectivity index (χ1) is 12.0. The van der Waals surface area contributed by atoms with Gasteiger partial charge in [0.25, 0.3) is 11.5 Å². The molecule has 1 amide bonds. The Labute approximate surface area is 146 Å². The average Bonchev–Trinajstić information content (AvgIpc) is 3.10. The summed E-state index contributed by atoms with van der Waals surface area (Å²) in [4.78, 5) is 36.9. The molecule has 0 unspecified atom stereocenters. The minimum Gasteiger partial charge on any atom is -0.465 e. The number of aromatic nitrogens is 2. The first-order valence-electron chi connectivity index (χ1n) is 7.54. The number of nitrogens with one attached hydrogen (secondary N) is 1. The van der Waals surface area contributed by atoms with Crippen molar-refractivity contribution in [2.75, 3.05) is 12.4 Å². The molecule has 0 spiro atoms. The van der Waals surface area contributed by atoms with E-state index in [1.54, 1.807) is 43.3 Å². The van der Waals surface area contributed by atoms with Crippen molar-refractivity contribution in [3.8, 4) is 0 Å². The van der Waals surface area contributed by atoms with Gasteiger partial charge < -0.3 is 10.1 Å². The van der Waals surface area contributed by atoms with Gasteiger partial charge in [0.15, 0.2) is 5.69 Å². The SMILES string of the molecule is CCn1nc(C(=O)Nc2ccc(C(=O)OC)s2)c2ccccc2c1=O. The Balaban J connectivity index is 2.00. The number of aryl methyl sites for hydroxylation is 1. The zero-order valence-electron chi connectivity index (χ0n) is 13.6. The van der Waals surface area contributed by atoms with E-state index < -0.39 is 11.9 Å². The normalized spacial score (nSPS) is 10.6. The number of thiophene rings is 1. The van der Waals surface area contributed by atoms with Crippen molar-refractivity contribution in [2.24, 2.45) is 0 Å². The van der Waals surface area contributed by atoms with Crippen LogP contribution in [0.25, 0.3) is 10.8 Å². The fourth-order valence-electron chi connectivity index (χ4n) is 2.40. The monoisotopic (exact) mass is 357 g/mol. The van der Waals surface area contributed by atoms with Crippen LogP contribution >= 0.6 is 11.3 Å². The lowest BCUT2D eigenvalue weighted by molar-refractivity contribution is 0.0606. The summed E-state index contributed by atoms with van der Waals surface area (Å²) in [6.07, 6.45) is 0. The largest absolute Gasteiger partial charge is 0.465 e. The summed E-state index contributed by atoms with van der Waals surface area (Å²) < 4.78 is 5.90. The second kappa shape index (κ2) is 6.86. The number of hydrogen-bond donors (Lipinski definition) is 1. The Bertz CT molecular complexity index is 1020. The molecular weight excluding hydrogens is 342 g/mol. The van der Waals surface area contributed by atoms with E-state index in [0.29, 0.717) is 27.2 Å². The van der Waals surface area contributed by atoms with Crippen LogP contribution in [0.5, 0.6) is 0 Å². The summed E-state index contributed by atoms with van der Waals surface area (Å²) in [6, 6.07) is 10.0. The summed E-state index contributed by atoms with van der Waals surface area (Å²) in [5.74, 6) is -0.912. The fourth-order valence-corrected chi connectivity index (χ4v) is 3.22. The van der Waals surface area contributed by atoms with E-state index in [1.165, 1.54) is 11.8 Å².